The Bertz CT molecular complexity index is 233. The van der Waals surface area contributed by atoms with Gasteiger partial charge in [-0.1, -0.05) is 13.0 Å². The maximum atomic E-state index is 4.30. The Labute approximate surface area is 86.8 Å². The van der Waals surface area contributed by atoms with E-state index in [0.29, 0.717) is 6.04 Å². The molecule has 0 spiro atoms. The van der Waals surface area contributed by atoms with E-state index >= 15 is 0 Å². The molecule has 0 fully saturated rings. The smallest absolute Gasteiger partial charge is 0.0403 e. The molecular weight excluding hydrogens is 172 g/mol. The molecule has 78 valence electrons. The first-order chi connectivity index (χ1) is 6.83. The summed E-state index contributed by atoms with van der Waals surface area (Å²) in [5, 5.41) is 3.41. The minimum absolute atomic E-state index is 0.628. The highest BCUT2D eigenvalue weighted by atomic mass is 14.9. The largest absolute Gasteiger partial charge is 0.315 e. The summed E-state index contributed by atoms with van der Waals surface area (Å²) in [6, 6.07) is 6.74. The molecule has 1 heterocycles. The Hall–Kier alpha value is -0.890. The quantitative estimate of drug-likeness (QED) is 0.748. The fraction of sp³-hybridized carbons (Fsp3) is 0.583. The summed E-state index contributed by atoms with van der Waals surface area (Å²) >= 11 is 0. The predicted octanol–water partition coefficient (Wildman–Crippen LogP) is 2.40. The molecule has 0 aliphatic carbocycles. The highest BCUT2D eigenvalue weighted by Gasteiger charge is 1.99. The van der Waals surface area contributed by atoms with E-state index in [2.05, 4.69) is 36.3 Å². The number of hydrogen-bond acceptors (Lipinski definition) is 2. The topological polar surface area (TPSA) is 24.9 Å². The standard InChI is InChI=1S/C12H20N2/c1-3-13-11(2)7-6-9-12-8-4-5-10-14-12/h4-5,8,10-11,13H,3,6-7,9H2,1-2H3. The van der Waals surface area contributed by atoms with E-state index in [9.17, 15) is 0 Å². The SMILES string of the molecule is CCNC(C)CCCc1ccccn1. The zero-order valence-electron chi connectivity index (χ0n) is 9.16. The molecule has 1 atom stereocenters. The van der Waals surface area contributed by atoms with E-state index in [1.807, 2.05) is 12.3 Å². The zero-order chi connectivity index (χ0) is 10.2. The van der Waals surface area contributed by atoms with Crippen molar-refractivity contribution in [2.24, 2.45) is 0 Å². The summed E-state index contributed by atoms with van der Waals surface area (Å²) in [7, 11) is 0. The minimum Gasteiger partial charge on any atom is -0.315 e. The molecular formula is C12H20N2. The molecule has 1 aromatic heterocycles. The van der Waals surface area contributed by atoms with Crippen molar-refractivity contribution in [3.8, 4) is 0 Å². The van der Waals surface area contributed by atoms with Crippen LogP contribution in [-0.2, 0) is 6.42 Å². The van der Waals surface area contributed by atoms with E-state index in [0.717, 1.165) is 13.0 Å². The van der Waals surface area contributed by atoms with Crippen LogP contribution < -0.4 is 5.32 Å². The van der Waals surface area contributed by atoms with Crippen molar-refractivity contribution in [3.63, 3.8) is 0 Å². The van der Waals surface area contributed by atoms with Crippen LogP contribution in [0.4, 0.5) is 0 Å². The number of hydrogen-bond donors (Lipinski definition) is 1. The van der Waals surface area contributed by atoms with Gasteiger partial charge in [0.2, 0.25) is 0 Å². The second-order valence-electron chi connectivity index (χ2n) is 3.67. The van der Waals surface area contributed by atoms with Gasteiger partial charge in [-0.05, 0) is 44.9 Å². The van der Waals surface area contributed by atoms with Gasteiger partial charge < -0.3 is 5.32 Å². The Morgan fingerprint density at radius 3 is 2.93 bits per heavy atom. The number of nitrogens with zero attached hydrogens (tertiary/aromatic N) is 1. The van der Waals surface area contributed by atoms with Gasteiger partial charge >= 0.3 is 0 Å². The van der Waals surface area contributed by atoms with Crippen LogP contribution in [0.5, 0.6) is 0 Å². The number of aryl methyl sites for hydroxylation is 1. The molecule has 1 rings (SSSR count). The highest BCUT2D eigenvalue weighted by Crippen LogP contribution is 2.03. The average Bonchev–Trinajstić information content (AvgIpc) is 2.20. The molecule has 1 N–H and O–H groups in total. The summed E-state index contributed by atoms with van der Waals surface area (Å²) in [4.78, 5) is 4.30. The fourth-order valence-corrected chi connectivity index (χ4v) is 1.59. The Morgan fingerprint density at radius 2 is 2.29 bits per heavy atom. The molecule has 0 radical (unpaired) electrons. The Kier molecular flexibility index (Phi) is 5.23. The van der Waals surface area contributed by atoms with Crippen molar-refractivity contribution in [2.75, 3.05) is 6.54 Å². The summed E-state index contributed by atoms with van der Waals surface area (Å²) in [6.45, 7) is 5.45. The van der Waals surface area contributed by atoms with E-state index in [1.165, 1.54) is 18.5 Å². The van der Waals surface area contributed by atoms with Crippen LogP contribution in [0.2, 0.25) is 0 Å². The summed E-state index contributed by atoms with van der Waals surface area (Å²) in [5.41, 5.74) is 1.20. The van der Waals surface area contributed by atoms with Crippen molar-refractivity contribution < 1.29 is 0 Å². The van der Waals surface area contributed by atoms with Gasteiger partial charge in [-0.15, -0.1) is 0 Å². The van der Waals surface area contributed by atoms with Crippen LogP contribution in [0, 0.1) is 0 Å². The van der Waals surface area contributed by atoms with Crippen molar-refractivity contribution in [2.45, 2.75) is 39.2 Å². The zero-order valence-corrected chi connectivity index (χ0v) is 9.16. The third-order valence-electron chi connectivity index (χ3n) is 2.35. The lowest BCUT2D eigenvalue weighted by Crippen LogP contribution is -2.25. The van der Waals surface area contributed by atoms with E-state index < -0.39 is 0 Å². The Morgan fingerprint density at radius 1 is 1.43 bits per heavy atom. The lowest BCUT2D eigenvalue weighted by molar-refractivity contribution is 0.511. The molecule has 0 aromatic carbocycles. The fourth-order valence-electron chi connectivity index (χ4n) is 1.59. The summed E-state index contributed by atoms with van der Waals surface area (Å²) < 4.78 is 0. The molecule has 0 saturated carbocycles. The van der Waals surface area contributed by atoms with Gasteiger partial charge in [0.1, 0.15) is 0 Å². The molecule has 1 aromatic rings. The molecule has 2 nitrogen and oxygen atoms in total. The lowest BCUT2D eigenvalue weighted by atomic mass is 10.1. The molecule has 0 aliphatic heterocycles. The first-order valence-electron chi connectivity index (χ1n) is 5.46. The van der Waals surface area contributed by atoms with Gasteiger partial charge in [-0.3, -0.25) is 4.98 Å². The Balaban J connectivity index is 2.16. The van der Waals surface area contributed by atoms with E-state index in [1.54, 1.807) is 0 Å². The monoisotopic (exact) mass is 192 g/mol. The van der Waals surface area contributed by atoms with Gasteiger partial charge in [-0.25, -0.2) is 0 Å². The maximum Gasteiger partial charge on any atom is 0.0403 e. The second-order valence-corrected chi connectivity index (χ2v) is 3.67. The van der Waals surface area contributed by atoms with Crippen LogP contribution in [0.3, 0.4) is 0 Å². The highest BCUT2D eigenvalue weighted by molar-refractivity contribution is 5.03. The molecule has 1 unspecified atom stereocenters. The van der Waals surface area contributed by atoms with E-state index in [-0.39, 0.29) is 0 Å². The first-order valence-corrected chi connectivity index (χ1v) is 5.46. The molecule has 2 heteroatoms. The van der Waals surface area contributed by atoms with Gasteiger partial charge in [-0.2, -0.15) is 0 Å². The van der Waals surface area contributed by atoms with Crippen molar-refractivity contribution in [1.82, 2.24) is 10.3 Å². The minimum atomic E-state index is 0.628. The molecule has 14 heavy (non-hydrogen) atoms. The molecule has 0 saturated heterocycles. The van der Waals surface area contributed by atoms with E-state index in [4.69, 9.17) is 0 Å². The normalized spacial score (nSPS) is 12.7. The van der Waals surface area contributed by atoms with Crippen LogP contribution in [-0.4, -0.2) is 17.6 Å². The van der Waals surface area contributed by atoms with Crippen molar-refractivity contribution >= 4 is 0 Å². The summed E-state index contributed by atoms with van der Waals surface area (Å²) in [6.07, 6.45) is 5.40. The van der Waals surface area contributed by atoms with Gasteiger partial charge in [0.25, 0.3) is 0 Å². The van der Waals surface area contributed by atoms with Gasteiger partial charge in [0.05, 0.1) is 0 Å². The van der Waals surface area contributed by atoms with Crippen LogP contribution >= 0.6 is 0 Å². The second kappa shape index (κ2) is 6.55. The lowest BCUT2D eigenvalue weighted by Gasteiger charge is -2.11. The number of pyridine rings is 1. The number of nitrogens with one attached hydrogen (secondary N) is 1. The van der Waals surface area contributed by atoms with Crippen molar-refractivity contribution in [1.29, 1.82) is 0 Å². The molecule has 0 amide bonds. The number of rotatable bonds is 6. The molecule has 0 bridgehead atoms. The predicted molar refractivity (Wildman–Crippen MR) is 60.3 cm³/mol. The summed E-state index contributed by atoms with van der Waals surface area (Å²) in [5.74, 6) is 0. The van der Waals surface area contributed by atoms with Gasteiger partial charge in [0.15, 0.2) is 0 Å². The third-order valence-corrected chi connectivity index (χ3v) is 2.35. The third kappa shape index (κ3) is 4.38. The van der Waals surface area contributed by atoms with Crippen molar-refractivity contribution in [3.05, 3.63) is 30.1 Å². The van der Waals surface area contributed by atoms with Gasteiger partial charge in [0, 0.05) is 17.9 Å². The first kappa shape index (κ1) is 11.2. The molecule has 0 aliphatic rings. The van der Waals surface area contributed by atoms with Crippen LogP contribution in [0.15, 0.2) is 24.4 Å². The van der Waals surface area contributed by atoms with Crippen LogP contribution in [0.25, 0.3) is 0 Å². The average molecular weight is 192 g/mol. The van der Waals surface area contributed by atoms with Crippen LogP contribution in [0.1, 0.15) is 32.4 Å². The maximum absolute atomic E-state index is 4.30. The number of aromatic nitrogens is 1.